The van der Waals surface area contributed by atoms with Crippen molar-refractivity contribution < 1.29 is 14.8 Å². The van der Waals surface area contributed by atoms with Crippen LogP contribution in [0.4, 0.5) is 5.69 Å². The summed E-state index contributed by atoms with van der Waals surface area (Å²) in [6, 6.07) is 3.65. The normalized spacial score (nSPS) is 12.0. The maximum absolute atomic E-state index is 12.0. The molecule has 1 rings (SSSR count). The van der Waals surface area contributed by atoms with Gasteiger partial charge in [0.1, 0.15) is 5.02 Å². The van der Waals surface area contributed by atoms with Gasteiger partial charge in [-0.15, -0.1) is 0 Å². The molecule has 6 nitrogen and oxygen atoms in total. The van der Waals surface area contributed by atoms with Crippen LogP contribution in [0.15, 0.2) is 18.2 Å². The topological polar surface area (TPSA) is 83.7 Å². The Morgan fingerprint density at radius 1 is 1.61 bits per heavy atom. The average molecular weight is 273 g/mol. The standard InChI is InChI=1S/C11H13ClN2O4/c1-7(6-15)13(2)11(16)8-4-3-5-9(10(8)12)14(17)18/h3-5,7,15H,6H2,1-2H3. The van der Waals surface area contributed by atoms with Gasteiger partial charge in [0, 0.05) is 13.1 Å². The van der Waals surface area contributed by atoms with Crippen LogP contribution in [-0.2, 0) is 0 Å². The fourth-order valence-corrected chi connectivity index (χ4v) is 1.61. The van der Waals surface area contributed by atoms with Gasteiger partial charge < -0.3 is 10.0 Å². The molecule has 98 valence electrons. The molecule has 0 aliphatic rings. The minimum atomic E-state index is -0.644. The van der Waals surface area contributed by atoms with Gasteiger partial charge in [-0.2, -0.15) is 0 Å². The average Bonchev–Trinajstić information content (AvgIpc) is 2.36. The van der Waals surface area contributed by atoms with Crippen molar-refractivity contribution in [2.24, 2.45) is 0 Å². The molecule has 0 aliphatic carbocycles. The Bertz CT molecular complexity index is 478. The molecule has 0 aromatic heterocycles. The van der Waals surface area contributed by atoms with Crippen LogP contribution in [0.2, 0.25) is 5.02 Å². The van der Waals surface area contributed by atoms with E-state index in [1.807, 2.05) is 0 Å². The first-order valence-corrected chi connectivity index (χ1v) is 5.58. The summed E-state index contributed by atoms with van der Waals surface area (Å²) in [4.78, 5) is 23.4. The van der Waals surface area contributed by atoms with Gasteiger partial charge in [0.15, 0.2) is 0 Å². The van der Waals surface area contributed by atoms with E-state index in [-0.39, 0.29) is 22.9 Å². The minimum absolute atomic E-state index is 0.0497. The lowest BCUT2D eigenvalue weighted by Crippen LogP contribution is -2.37. The number of nitro groups is 1. The summed E-state index contributed by atoms with van der Waals surface area (Å²) in [6.07, 6.45) is 0. The third kappa shape index (κ3) is 2.77. The third-order valence-corrected chi connectivity index (χ3v) is 3.05. The number of nitro benzene ring substituents is 1. The summed E-state index contributed by atoms with van der Waals surface area (Å²) in [6.45, 7) is 1.46. The number of carbonyl (C=O) groups excluding carboxylic acids is 1. The molecule has 7 heteroatoms. The van der Waals surface area contributed by atoms with Crippen LogP contribution < -0.4 is 0 Å². The number of nitrogens with zero attached hydrogens (tertiary/aromatic N) is 2. The van der Waals surface area contributed by atoms with Gasteiger partial charge in [0.2, 0.25) is 0 Å². The number of aliphatic hydroxyl groups is 1. The molecule has 0 bridgehead atoms. The molecule has 1 unspecified atom stereocenters. The molecule has 1 N–H and O–H groups in total. The number of benzene rings is 1. The van der Waals surface area contributed by atoms with Crippen molar-refractivity contribution in [3.8, 4) is 0 Å². The van der Waals surface area contributed by atoms with E-state index in [1.165, 1.54) is 30.1 Å². The molecule has 0 radical (unpaired) electrons. The first kappa shape index (κ1) is 14.4. The van der Waals surface area contributed by atoms with E-state index in [9.17, 15) is 14.9 Å². The molecule has 0 spiro atoms. The molecule has 0 saturated heterocycles. The molecule has 0 heterocycles. The summed E-state index contributed by atoms with van der Waals surface area (Å²) < 4.78 is 0. The van der Waals surface area contributed by atoms with E-state index >= 15 is 0 Å². The van der Waals surface area contributed by atoms with Crippen LogP contribution in [0.3, 0.4) is 0 Å². The Balaban J connectivity index is 3.14. The number of hydrogen-bond donors (Lipinski definition) is 1. The van der Waals surface area contributed by atoms with Gasteiger partial charge in [-0.1, -0.05) is 17.7 Å². The summed E-state index contributed by atoms with van der Waals surface area (Å²) in [5.74, 6) is -0.467. The fourth-order valence-electron chi connectivity index (χ4n) is 1.34. The first-order chi connectivity index (χ1) is 8.40. The highest BCUT2D eigenvalue weighted by Gasteiger charge is 2.24. The van der Waals surface area contributed by atoms with E-state index in [4.69, 9.17) is 16.7 Å². The number of hydrogen-bond acceptors (Lipinski definition) is 4. The number of rotatable bonds is 4. The molecule has 0 aliphatic heterocycles. The number of amides is 1. The van der Waals surface area contributed by atoms with Gasteiger partial charge in [0.25, 0.3) is 11.6 Å². The molecule has 1 amide bonds. The van der Waals surface area contributed by atoms with Crippen molar-refractivity contribution in [3.05, 3.63) is 38.9 Å². The lowest BCUT2D eigenvalue weighted by Gasteiger charge is -2.23. The van der Waals surface area contributed by atoms with Crippen molar-refractivity contribution in [3.63, 3.8) is 0 Å². The molecule has 0 saturated carbocycles. The van der Waals surface area contributed by atoms with E-state index in [0.29, 0.717) is 0 Å². The molecule has 1 aromatic rings. The smallest absolute Gasteiger partial charge is 0.288 e. The van der Waals surface area contributed by atoms with Crippen LogP contribution in [0.25, 0.3) is 0 Å². The zero-order chi connectivity index (χ0) is 13.9. The molecular weight excluding hydrogens is 260 g/mol. The molecule has 1 atom stereocenters. The number of aliphatic hydroxyl groups excluding tert-OH is 1. The Hall–Kier alpha value is -1.66. The Morgan fingerprint density at radius 3 is 2.72 bits per heavy atom. The monoisotopic (exact) mass is 272 g/mol. The van der Waals surface area contributed by atoms with Crippen LogP contribution in [0.1, 0.15) is 17.3 Å². The zero-order valence-electron chi connectivity index (χ0n) is 9.96. The van der Waals surface area contributed by atoms with Crippen molar-refractivity contribution in [2.45, 2.75) is 13.0 Å². The summed E-state index contributed by atoms with van der Waals surface area (Å²) in [5.41, 5.74) is -0.263. The van der Waals surface area contributed by atoms with E-state index in [1.54, 1.807) is 6.92 Å². The number of carbonyl (C=O) groups is 1. The SMILES string of the molecule is CC(CO)N(C)C(=O)c1cccc([N+](=O)[O-])c1Cl. The summed E-state index contributed by atoms with van der Waals surface area (Å²) in [5, 5.41) is 19.5. The number of likely N-dealkylation sites (N-methyl/N-ethyl adjacent to an activating group) is 1. The van der Waals surface area contributed by atoms with Crippen LogP contribution >= 0.6 is 11.6 Å². The Morgan fingerprint density at radius 2 is 2.22 bits per heavy atom. The van der Waals surface area contributed by atoms with Gasteiger partial charge in [-0.3, -0.25) is 14.9 Å². The zero-order valence-corrected chi connectivity index (χ0v) is 10.7. The maximum atomic E-state index is 12.0. The fraction of sp³-hybridized carbons (Fsp3) is 0.364. The minimum Gasteiger partial charge on any atom is -0.394 e. The Kier molecular flexibility index (Phi) is 4.63. The largest absolute Gasteiger partial charge is 0.394 e. The van der Waals surface area contributed by atoms with Crippen molar-refractivity contribution in [2.75, 3.05) is 13.7 Å². The van der Waals surface area contributed by atoms with E-state index < -0.39 is 16.9 Å². The van der Waals surface area contributed by atoms with Crippen LogP contribution in [-0.4, -0.2) is 40.5 Å². The molecule has 1 aromatic carbocycles. The van der Waals surface area contributed by atoms with Gasteiger partial charge in [0.05, 0.1) is 23.1 Å². The third-order valence-electron chi connectivity index (χ3n) is 2.65. The van der Waals surface area contributed by atoms with E-state index in [0.717, 1.165) is 0 Å². The summed E-state index contributed by atoms with van der Waals surface area (Å²) >= 11 is 5.84. The van der Waals surface area contributed by atoms with E-state index in [2.05, 4.69) is 0 Å². The molecule has 0 fully saturated rings. The first-order valence-electron chi connectivity index (χ1n) is 5.21. The number of halogens is 1. The second-order valence-corrected chi connectivity index (χ2v) is 4.22. The lowest BCUT2D eigenvalue weighted by molar-refractivity contribution is -0.384. The lowest BCUT2D eigenvalue weighted by atomic mass is 10.1. The predicted octanol–water partition coefficient (Wildman–Crippen LogP) is 1.70. The second kappa shape index (κ2) is 5.79. The van der Waals surface area contributed by atoms with Gasteiger partial charge in [-0.05, 0) is 13.0 Å². The highest BCUT2D eigenvalue weighted by molar-refractivity contribution is 6.35. The molecular formula is C11H13ClN2O4. The van der Waals surface area contributed by atoms with Gasteiger partial charge in [-0.25, -0.2) is 0 Å². The maximum Gasteiger partial charge on any atom is 0.288 e. The highest BCUT2D eigenvalue weighted by atomic mass is 35.5. The highest BCUT2D eigenvalue weighted by Crippen LogP contribution is 2.28. The van der Waals surface area contributed by atoms with Crippen LogP contribution in [0.5, 0.6) is 0 Å². The molecule has 18 heavy (non-hydrogen) atoms. The van der Waals surface area contributed by atoms with Gasteiger partial charge >= 0.3 is 0 Å². The second-order valence-electron chi connectivity index (χ2n) is 3.84. The van der Waals surface area contributed by atoms with Crippen LogP contribution in [0, 0.1) is 10.1 Å². The Labute approximate surface area is 109 Å². The quantitative estimate of drug-likeness (QED) is 0.668. The predicted molar refractivity (Wildman–Crippen MR) is 66.7 cm³/mol. The van der Waals surface area contributed by atoms with Crippen molar-refractivity contribution >= 4 is 23.2 Å². The summed E-state index contributed by atoms with van der Waals surface area (Å²) in [7, 11) is 1.50. The van der Waals surface area contributed by atoms with Crippen molar-refractivity contribution in [1.82, 2.24) is 4.90 Å². The van der Waals surface area contributed by atoms with Crippen molar-refractivity contribution in [1.29, 1.82) is 0 Å².